The smallest absolute Gasteiger partial charge is 0.267 e. The topological polar surface area (TPSA) is 34.9 Å². The summed E-state index contributed by atoms with van der Waals surface area (Å²) in [5.74, 6) is 0.759. The predicted molar refractivity (Wildman–Crippen MR) is 117 cm³/mol. The molecule has 5 heteroatoms. The van der Waals surface area contributed by atoms with Crippen molar-refractivity contribution in [2.45, 2.75) is 51.1 Å². The highest BCUT2D eigenvalue weighted by atomic mass is 32.2. The minimum absolute atomic E-state index is 0.0764. The predicted octanol–water partition coefficient (Wildman–Crippen LogP) is 5.69. The van der Waals surface area contributed by atoms with Gasteiger partial charge >= 0.3 is 0 Å². The van der Waals surface area contributed by atoms with Crippen molar-refractivity contribution >= 4 is 33.3 Å². The van der Waals surface area contributed by atoms with E-state index >= 15 is 0 Å². The monoisotopic (exact) mass is 396 g/mol. The second-order valence-electron chi connectivity index (χ2n) is 7.36. The first-order chi connectivity index (χ1) is 13.0. The fraction of sp³-hybridized carbons (Fsp3) is 0.364. The van der Waals surface area contributed by atoms with Crippen LogP contribution in [0.1, 0.15) is 42.2 Å². The molecule has 27 heavy (non-hydrogen) atoms. The Morgan fingerprint density at radius 2 is 1.96 bits per heavy atom. The quantitative estimate of drug-likeness (QED) is 0.246. The normalized spacial score (nSPS) is 14.1. The number of thiophene rings is 1. The highest BCUT2D eigenvalue weighted by Gasteiger charge is 2.22. The van der Waals surface area contributed by atoms with Gasteiger partial charge in [-0.1, -0.05) is 48.0 Å². The lowest BCUT2D eigenvalue weighted by atomic mass is 10.1. The van der Waals surface area contributed by atoms with Crippen molar-refractivity contribution in [3.05, 3.63) is 62.8 Å². The average molecular weight is 397 g/mol. The van der Waals surface area contributed by atoms with E-state index in [-0.39, 0.29) is 5.56 Å². The van der Waals surface area contributed by atoms with E-state index in [0.29, 0.717) is 0 Å². The van der Waals surface area contributed by atoms with E-state index in [9.17, 15) is 4.79 Å². The Kier molecular flexibility index (Phi) is 5.24. The Bertz CT molecular complexity index is 1060. The molecule has 1 aromatic carbocycles. The van der Waals surface area contributed by atoms with Crippen molar-refractivity contribution < 1.29 is 0 Å². The molecule has 3 aromatic rings. The minimum Gasteiger partial charge on any atom is -0.268 e. The number of aryl methyl sites for hydroxylation is 3. The van der Waals surface area contributed by atoms with E-state index in [1.807, 2.05) is 31.2 Å². The number of hydrogen-bond acceptors (Lipinski definition) is 4. The summed E-state index contributed by atoms with van der Waals surface area (Å²) in [7, 11) is 0. The maximum absolute atomic E-state index is 13.6. The Labute approximate surface area is 168 Å². The fourth-order valence-corrected chi connectivity index (χ4v) is 5.73. The van der Waals surface area contributed by atoms with E-state index < -0.39 is 0 Å². The second kappa shape index (κ2) is 7.64. The average Bonchev–Trinajstić information content (AvgIpc) is 2.82. The first-order valence-corrected chi connectivity index (χ1v) is 11.3. The Morgan fingerprint density at radius 1 is 1.22 bits per heavy atom. The third-order valence-corrected chi connectivity index (χ3v) is 7.30. The van der Waals surface area contributed by atoms with Crippen molar-refractivity contribution in [1.82, 2.24) is 9.55 Å². The zero-order valence-electron chi connectivity index (χ0n) is 15.9. The van der Waals surface area contributed by atoms with Gasteiger partial charge in [0.1, 0.15) is 4.83 Å². The highest BCUT2D eigenvalue weighted by molar-refractivity contribution is 7.99. The summed E-state index contributed by atoms with van der Waals surface area (Å²) in [4.78, 5) is 20.8. The van der Waals surface area contributed by atoms with Crippen LogP contribution in [0.4, 0.5) is 0 Å². The SMILES string of the molecule is C=C(C)CSc1nc2sc3c(c2c(=O)n1-c1ccc(C)cc1)CCCCC3. The van der Waals surface area contributed by atoms with Gasteiger partial charge in [0.15, 0.2) is 5.16 Å². The maximum Gasteiger partial charge on any atom is 0.267 e. The molecule has 0 fully saturated rings. The molecule has 0 bridgehead atoms. The minimum atomic E-state index is 0.0764. The summed E-state index contributed by atoms with van der Waals surface area (Å²) in [6.07, 6.45) is 5.69. The van der Waals surface area contributed by atoms with Gasteiger partial charge in [-0.15, -0.1) is 11.3 Å². The van der Waals surface area contributed by atoms with Crippen LogP contribution >= 0.6 is 23.1 Å². The number of aromatic nitrogens is 2. The molecule has 0 atom stereocenters. The summed E-state index contributed by atoms with van der Waals surface area (Å²) < 4.78 is 1.80. The second-order valence-corrected chi connectivity index (χ2v) is 9.39. The van der Waals surface area contributed by atoms with Crippen molar-refractivity contribution in [2.24, 2.45) is 0 Å². The van der Waals surface area contributed by atoms with Gasteiger partial charge in [0.2, 0.25) is 0 Å². The van der Waals surface area contributed by atoms with E-state index in [2.05, 4.69) is 13.5 Å². The molecule has 1 aliphatic carbocycles. The number of rotatable bonds is 4. The zero-order chi connectivity index (χ0) is 19.0. The third kappa shape index (κ3) is 3.63. The highest BCUT2D eigenvalue weighted by Crippen LogP contribution is 2.34. The Balaban J connectivity index is 1.96. The molecule has 0 saturated carbocycles. The first kappa shape index (κ1) is 18.5. The molecule has 3 nitrogen and oxygen atoms in total. The van der Waals surface area contributed by atoms with Gasteiger partial charge in [0.25, 0.3) is 5.56 Å². The Morgan fingerprint density at radius 3 is 2.70 bits per heavy atom. The molecule has 2 aromatic heterocycles. The molecule has 140 valence electrons. The molecular weight excluding hydrogens is 372 g/mol. The van der Waals surface area contributed by atoms with Crippen molar-refractivity contribution in [1.29, 1.82) is 0 Å². The van der Waals surface area contributed by atoms with Crippen LogP contribution < -0.4 is 5.56 Å². The van der Waals surface area contributed by atoms with Gasteiger partial charge in [0.05, 0.1) is 11.1 Å². The van der Waals surface area contributed by atoms with Crippen LogP contribution in [0.2, 0.25) is 0 Å². The standard InChI is InChI=1S/C22H24N2OS2/c1-14(2)13-26-22-23-20-19(17-7-5-4-6-8-18(17)27-20)21(25)24(22)16-11-9-15(3)10-12-16/h9-12H,1,4-8,13H2,2-3H3. The van der Waals surface area contributed by atoms with Gasteiger partial charge in [-0.25, -0.2) is 4.98 Å². The summed E-state index contributed by atoms with van der Waals surface area (Å²) in [5, 5.41) is 1.60. The van der Waals surface area contributed by atoms with Crippen molar-refractivity contribution in [3.8, 4) is 5.69 Å². The molecule has 0 amide bonds. The van der Waals surface area contributed by atoms with Crippen molar-refractivity contribution in [2.75, 3.05) is 5.75 Å². The molecule has 4 rings (SSSR count). The summed E-state index contributed by atoms with van der Waals surface area (Å²) >= 11 is 3.31. The van der Waals surface area contributed by atoms with Crippen LogP contribution in [0.5, 0.6) is 0 Å². The van der Waals surface area contributed by atoms with Crippen LogP contribution in [0.3, 0.4) is 0 Å². The lowest BCUT2D eigenvalue weighted by Crippen LogP contribution is -2.22. The molecule has 0 saturated heterocycles. The number of fused-ring (bicyclic) bond motifs is 3. The zero-order valence-corrected chi connectivity index (χ0v) is 17.5. The maximum atomic E-state index is 13.6. The molecule has 0 aliphatic heterocycles. The van der Waals surface area contributed by atoms with Gasteiger partial charge < -0.3 is 0 Å². The lowest BCUT2D eigenvalue weighted by molar-refractivity contribution is 0.713. The number of hydrogen-bond donors (Lipinski definition) is 0. The van der Waals surface area contributed by atoms with Gasteiger partial charge in [-0.2, -0.15) is 0 Å². The fourth-order valence-electron chi connectivity index (χ4n) is 3.57. The molecule has 0 N–H and O–H groups in total. The number of thioether (sulfide) groups is 1. The van der Waals surface area contributed by atoms with Gasteiger partial charge in [-0.05, 0) is 57.2 Å². The van der Waals surface area contributed by atoms with Crippen LogP contribution in [0.15, 0.2) is 46.4 Å². The molecule has 1 aliphatic rings. The first-order valence-electron chi connectivity index (χ1n) is 9.46. The summed E-state index contributed by atoms with van der Waals surface area (Å²) in [6, 6.07) is 8.13. The van der Waals surface area contributed by atoms with Crippen molar-refractivity contribution in [3.63, 3.8) is 0 Å². The molecule has 0 spiro atoms. The third-order valence-electron chi connectivity index (χ3n) is 4.95. The van der Waals surface area contributed by atoms with E-state index in [1.165, 1.54) is 28.8 Å². The van der Waals surface area contributed by atoms with E-state index in [0.717, 1.165) is 51.6 Å². The summed E-state index contributed by atoms with van der Waals surface area (Å²) in [5.41, 5.74) is 4.47. The number of benzene rings is 1. The van der Waals surface area contributed by atoms with Gasteiger partial charge in [0, 0.05) is 10.6 Å². The lowest BCUT2D eigenvalue weighted by Gasteiger charge is -2.13. The summed E-state index contributed by atoms with van der Waals surface area (Å²) in [6.45, 7) is 8.07. The largest absolute Gasteiger partial charge is 0.268 e. The van der Waals surface area contributed by atoms with E-state index in [1.54, 1.807) is 27.7 Å². The molecule has 0 unspecified atom stereocenters. The van der Waals surface area contributed by atoms with Gasteiger partial charge in [-0.3, -0.25) is 9.36 Å². The van der Waals surface area contributed by atoms with Crippen LogP contribution in [0, 0.1) is 6.92 Å². The van der Waals surface area contributed by atoms with Crippen LogP contribution in [-0.2, 0) is 12.8 Å². The Hall–Kier alpha value is -1.85. The number of nitrogens with zero attached hydrogens (tertiary/aromatic N) is 2. The van der Waals surface area contributed by atoms with E-state index in [4.69, 9.17) is 4.98 Å². The van der Waals surface area contributed by atoms with Crippen LogP contribution in [0.25, 0.3) is 15.9 Å². The molecular formula is C22H24N2OS2. The van der Waals surface area contributed by atoms with Crippen LogP contribution in [-0.4, -0.2) is 15.3 Å². The molecule has 0 radical (unpaired) electrons. The molecule has 2 heterocycles.